The number of rotatable bonds is 9. The molecule has 0 spiro atoms. The van der Waals surface area contributed by atoms with Gasteiger partial charge in [-0.25, -0.2) is 4.79 Å². The summed E-state index contributed by atoms with van der Waals surface area (Å²) in [5.74, 6) is -1.81. The van der Waals surface area contributed by atoms with E-state index in [0.29, 0.717) is 13.0 Å². The number of urea groups is 1. The van der Waals surface area contributed by atoms with E-state index in [1.807, 2.05) is 57.2 Å². The van der Waals surface area contributed by atoms with Gasteiger partial charge >= 0.3 is 6.03 Å². The van der Waals surface area contributed by atoms with Crippen LogP contribution in [0.3, 0.4) is 0 Å². The molecule has 0 bridgehead atoms. The summed E-state index contributed by atoms with van der Waals surface area (Å²) in [5, 5.41) is 5.45. The molecule has 0 aliphatic carbocycles. The summed E-state index contributed by atoms with van der Waals surface area (Å²) in [6, 6.07) is 8.90. The van der Waals surface area contributed by atoms with Crippen LogP contribution < -0.4 is 16.4 Å². The fraction of sp³-hybridized carbons (Fsp3) is 0.407. The number of nitrogens with one attached hydrogen (secondary N) is 2. The van der Waals surface area contributed by atoms with Gasteiger partial charge in [-0.15, -0.1) is 6.58 Å². The van der Waals surface area contributed by atoms with Crippen molar-refractivity contribution in [3.05, 3.63) is 71.8 Å². The molecule has 9 heteroatoms. The van der Waals surface area contributed by atoms with E-state index >= 15 is 0 Å². The third-order valence-corrected chi connectivity index (χ3v) is 6.36. The van der Waals surface area contributed by atoms with E-state index in [-0.39, 0.29) is 30.9 Å². The minimum Gasteiger partial charge on any atom is -0.370 e. The fourth-order valence-corrected chi connectivity index (χ4v) is 4.40. The number of guanidine groups is 1. The lowest BCUT2D eigenvalue weighted by atomic mass is 9.86. The zero-order chi connectivity index (χ0) is 26.4. The molecular weight excluding hydrogens is 458 g/mol. The average Bonchev–Trinajstić information content (AvgIpc) is 3.28. The van der Waals surface area contributed by atoms with Gasteiger partial charge in [-0.05, 0) is 32.8 Å². The number of carbonyl (C=O) groups is 3. The van der Waals surface area contributed by atoms with Crippen LogP contribution in [0.4, 0.5) is 4.79 Å². The number of benzene rings is 1. The van der Waals surface area contributed by atoms with Crippen molar-refractivity contribution >= 4 is 23.8 Å². The molecule has 2 aliphatic rings. The predicted molar refractivity (Wildman–Crippen MR) is 139 cm³/mol. The first-order chi connectivity index (χ1) is 17.1. The van der Waals surface area contributed by atoms with Gasteiger partial charge in [0.1, 0.15) is 0 Å². The molecule has 4 N–H and O–H groups in total. The highest BCUT2D eigenvalue weighted by Gasteiger charge is 2.58. The lowest BCUT2D eigenvalue weighted by Crippen LogP contribution is -2.41. The molecule has 0 radical (unpaired) electrons. The Bertz CT molecular complexity index is 1090. The smallest absolute Gasteiger partial charge is 0.344 e. The van der Waals surface area contributed by atoms with E-state index in [9.17, 15) is 14.4 Å². The molecule has 2 saturated heterocycles. The second-order valence-electron chi connectivity index (χ2n) is 9.38. The lowest BCUT2D eigenvalue weighted by Gasteiger charge is -2.21. The molecule has 4 atom stereocenters. The number of nitrogens with two attached hydrogens (primary N) is 1. The quantitative estimate of drug-likeness (QED) is 0.160. The maximum absolute atomic E-state index is 13.2. The molecule has 192 valence electrons. The van der Waals surface area contributed by atoms with E-state index in [2.05, 4.69) is 28.8 Å². The number of likely N-dealkylation sites (tertiary alicyclic amines) is 1. The minimum atomic E-state index is -0.659. The van der Waals surface area contributed by atoms with Crippen molar-refractivity contribution < 1.29 is 19.1 Å². The highest BCUT2D eigenvalue weighted by molar-refractivity contribution is 6.06. The normalized spacial score (nSPS) is 24.0. The monoisotopic (exact) mass is 493 g/mol. The summed E-state index contributed by atoms with van der Waals surface area (Å²) in [6.07, 6.45) is 1.41. The fourth-order valence-electron chi connectivity index (χ4n) is 4.40. The Labute approximate surface area is 212 Å². The summed E-state index contributed by atoms with van der Waals surface area (Å²) in [6.45, 7) is 14.1. The standard InChI is InChI=1S/C27H35N5O4/c1-16(2)13-20-22-23(21(36-20)14-18(5)17(3)4)25(34)32(24(22)33)12-11-29-27(35)31-26(28)30-15-19-9-7-6-8-10-19/h6-10,14,20-23H,1,3,11-13,15H2,2,4-5H3,(H4,28,29,30,31,35)/b18-14+. The number of aliphatic imine (C=N–C) groups is 1. The molecule has 0 saturated carbocycles. The van der Waals surface area contributed by atoms with Gasteiger partial charge in [-0.3, -0.25) is 14.5 Å². The van der Waals surface area contributed by atoms with Crippen LogP contribution >= 0.6 is 0 Å². The van der Waals surface area contributed by atoms with Crippen molar-refractivity contribution in [3.8, 4) is 0 Å². The third kappa shape index (κ3) is 6.48. The Kier molecular flexibility index (Phi) is 8.82. The summed E-state index contributed by atoms with van der Waals surface area (Å²) in [7, 11) is 0. The number of allylic oxidation sites excluding steroid dienone is 2. The van der Waals surface area contributed by atoms with Crippen LogP contribution in [0.15, 0.2) is 71.3 Å². The van der Waals surface area contributed by atoms with Gasteiger partial charge in [0.2, 0.25) is 11.8 Å². The number of ether oxygens (including phenoxy) is 1. The largest absolute Gasteiger partial charge is 0.370 e. The maximum Gasteiger partial charge on any atom is 0.344 e. The molecule has 3 rings (SSSR count). The molecule has 1 aromatic rings. The van der Waals surface area contributed by atoms with Crippen LogP contribution in [0, 0.1) is 11.8 Å². The van der Waals surface area contributed by atoms with E-state index in [0.717, 1.165) is 22.3 Å². The highest BCUT2D eigenvalue weighted by Crippen LogP contribution is 2.43. The Morgan fingerprint density at radius 1 is 1.11 bits per heavy atom. The summed E-state index contributed by atoms with van der Waals surface area (Å²) in [5.41, 5.74) is 9.43. The van der Waals surface area contributed by atoms with E-state index in [4.69, 9.17) is 10.5 Å². The number of imide groups is 1. The SMILES string of the molecule is C=C(C)CC1OC(/C=C(\C)C(=C)C)C2C(=O)N(CCNC(=O)/N=C(\N)NCc3ccccc3)C(=O)C12. The Morgan fingerprint density at radius 2 is 1.78 bits per heavy atom. The highest BCUT2D eigenvalue weighted by atomic mass is 16.5. The van der Waals surface area contributed by atoms with Crippen LogP contribution in [-0.4, -0.2) is 54.0 Å². The Hall–Kier alpha value is -3.72. The van der Waals surface area contributed by atoms with Gasteiger partial charge in [0.15, 0.2) is 5.96 Å². The second-order valence-corrected chi connectivity index (χ2v) is 9.38. The zero-order valence-corrected chi connectivity index (χ0v) is 21.1. The number of nitrogens with zero attached hydrogens (tertiary/aromatic N) is 2. The van der Waals surface area contributed by atoms with E-state index in [1.165, 1.54) is 4.90 Å². The molecular formula is C27H35N5O4. The molecule has 0 aromatic heterocycles. The molecule has 4 unspecified atom stereocenters. The molecule has 36 heavy (non-hydrogen) atoms. The van der Waals surface area contributed by atoms with Gasteiger partial charge in [0.25, 0.3) is 0 Å². The lowest BCUT2D eigenvalue weighted by molar-refractivity contribution is -0.143. The van der Waals surface area contributed by atoms with Gasteiger partial charge in [0, 0.05) is 19.6 Å². The van der Waals surface area contributed by atoms with Gasteiger partial charge in [0.05, 0.1) is 24.0 Å². The summed E-state index contributed by atoms with van der Waals surface area (Å²) >= 11 is 0. The van der Waals surface area contributed by atoms with Crippen LogP contribution in [0.5, 0.6) is 0 Å². The number of amides is 4. The van der Waals surface area contributed by atoms with Crippen molar-refractivity contribution in [2.24, 2.45) is 22.6 Å². The summed E-state index contributed by atoms with van der Waals surface area (Å²) < 4.78 is 6.14. The third-order valence-electron chi connectivity index (χ3n) is 6.36. The minimum absolute atomic E-state index is 0.0264. The van der Waals surface area contributed by atoms with Crippen molar-refractivity contribution in [1.82, 2.24) is 15.5 Å². The van der Waals surface area contributed by atoms with Gasteiger partial charge in [-0.1, -0.05) is 59.7 Å². The summed E-state index contributed by atoms with van der Waals surface area (Å²) in [4.78, 5) is 43.6. The van der Waals surface area contributed by atoms with Crippen molar-refractivity contribution in [2.75, 3.05) is 13.1 Å². The zero-order valence-electron chi connectivity index (χ0n) is 21.1. The topological polar surface area (TPSA) is 126 Å². The van der Waals surface area contributed by atoms with Crippen molar-refractivity contribution in [3.63, 3.8) is 0 Å². The number of fused-ring (bicyclic) bond motifs is 1. The number of hydrogen-bond donors (Lipinski definition) is 3. The predicted octanol–water partition coefficient (Wildman–Crippen LogP) is 2.66. The van der Waals surface area contributed by atoms with Crippen LogP contribution in [0.1, 0.15) is 32.8 Å². The molecule has 9 nitrogen and oxygen atoms in total. The first-order valence-electron chi connectivity index (χ1n) is 12.0. The molecule has 4 amide bonds. The average molecular weight is 494 g/mol. The first-order valence-corrected chi connectivity index (χ1v) is 12.0. The van der Waals surface area contributed by atoms with Crippen LogP contribution in [-0.2, 0) is 20.9 Å². The van der Waals surface area contributed by atoms with Crippen LogP contribution in [0.2, 0.25) is 0 Å². The number of hydrogen-bond acceptors (Lipinski definition) is 4. The van der Waals surface area contributed by atoms with Crippen LogP contribution in [0.25, 0.3) is 0 Å². The van der Waals surface area contributed by atoms with Gasteiger partial charge < -0.3 is 21.1 Å². The van der Waals surface area contributed by atoms with Crippen molar-refractivity contribution in [2.45, 2.75) is 45.9 Å². The van der Waals surface area contributed by atoms with E-state index in [1.54, 1.807) is 0 Å². The maximum atomic E-state index is 13.2. The second kappa shape index (κ2) is 11.8. The molecule has 1 aromatic carbocycles. The van der Waals surface area contributed by atoms with E-state index < -0.39 is 30.1 Å². The van der Waals surface area contributed by atoms with Gasteiger partial charge in [-0.2, -0.15) is 4.99 Å². The van der Waals surface area contributed by atoms with Crippen molar-refractivity contribution in [1.29, 1.82) is 0 Å². The Balaban J connectivity index is 1.60. The molecule has 2 heterocycles. The molecule has 2 fully saturated rings. The Morgan fingerprint density at radius 3 is 2.42 bits per heavy atom. The number of carbonyl (C=O) groups excluding carboxylic acids is 3. The first kappa shape index (κ1) is 26.9. The molecule has 2 aliphatic heterocycles.